The van der Waals surface area contributed by atoms with Crippen LogP contribution in [0, 0.1) is 0 Å². The molecule has 20 heavy (non-hydrogen) atoms. The Hall–Kier alpha value is -2.09. The van der Waals surface area contributed by atoms with E-state index >= 15 is 0 Å². The van der Waals surface area contributed by atoms with E-state index in [0.717, 1.165) is 13.1 Å². The van der Waals surface area contributed by atoms with Crippen LogP contribution in [-0.2, 0) is 11.3 Å². The van der Waals surface area contributed by atoms with Crippen LogP contribution in [-0.4, -0.2) is 17.4 Å². The number of amides is 1. The highest BCUT2D eigenvalue weighted by molar-refractivity contribution is 5.76. The molecule has 2 aromatic rings. The highest BCUT2D eigenvalue weighted by Gasteiger charge is 2.27. The molecule has 0 fully saturated rings. The van der Waals surface area contributed by atoms with Gasteiger partial charge in [-0.05, 0) is 16.7 Å². The van der Waals surface area contributed by atoms with Crippen LogP contribution in [0.25, 0.3) is 0 Å². The summed E-state index contributed by atoms with van der Waals surface area (Å²) in [6.45, 7) is 3.46. The lowest BCUT2D eigenvalue weighted by Crippen LogP contribution is -2.38. The monoisotopic (exact) mass is 265 g/mol. The molecule has 2 nitrogen and oxygen atoms in total. The Kier molecular flexibility index (Phi) is 3.55. The summed E-state index contributed by atoms with van der Waals surface area (Å²) in [4.78, 5) is 14.1. The zero-order valence-corrected chi connectivity index (χ0v) is 11.8. The van der Waals surface area contributed by atoms with Gasteiger partial charge < -0.3 is 4.90 Å². The minimum Gasteiger partial charge on any atom is -0.337 e. The van der Waals surface area contributed by atoms with Crippen LogP contribution in [0.5, 0.6) is 0 Å². The first-order valence-corrected chi connectivity index (χ1v) is 7.20. The maximum absolute atomic E-state index is 12.1. The fourth-order valence-corrected chi connectivity index (χ4v) is 2.99. The molecule has 2 aromatic carbocycles. The second-order valence-electron chi connectivity index (χ2n) is 5.29. The van der Waals surface area contributed by atoms with Crippen LogP contribution >= 0.6 is 0 Å². The van der Waals surface area contributed by atoms with Gasteiger partial charge in [0, 0.05) is 25.4 Å². The molecular weight excluding hydrogens is 246 g/mol. The van der Waals surface area contributed by atoms with Crippen molar-refractivity contribution in [1.82, 2.24) is 4.90 Å². The van der Waals surface area contributed by atoms with Crippen LogP contribution in [0.4, 0.5) is 0 Å². The zero-order chi connectivity index (χ0) is 13.9. The van der Waals surface area contributed by atoms with Crippen molar-refractivity contribution in [2.45, 2.75) is 25.8 Å². The average molecular weight is 265 g/mol. The summed E-state index contributed by atoms with van der Waals surface area (Å²) in [6.07, 6.45) is 0.573. The van der Waals surface area contributed by atoms with E-state index in [-0.39, 0.29) is 11.8 Å². The minimum atomic E-state index is 0.237. The molecule has 0 aliphatic carbocycles. The van der Waals surface area contributed by atoms with Crippen LogP contribution in [0.1, 0.15) is 36.0 Å². The summed E-state index contributed by atoms with van der Waals surface area (Å²) >= 11 is 0. The van der Waals surface area contributed by atoms with E-state index in [4.69, 9.17) is 0 Å². The second kappa shape index (κ2) is 5.49. The van der Waals surface area contributed by atoms with Crippen molar-refractivity contribution in [3.05, 3.63) is 71.3 Å². The Bertz CT molecular complexity index is 606. The van der Waals surface area contributed by atoms with Gasteiger partial charge >= 0.3 is 0 Å². The number of benzene rings is 2. The van der Waals surface area contributed by atoms with Crippen LogP contribution in [0.2, 0.25) is 0 Å². The summed E-state index contributed by atoms with van der Waals surface area (Å²) in [6, 6.07) is 19.0. The van der Waals surface area contributed by atoms with Gasteiger partial charge in [-0.3, -0.25) is 4.79 Å². The second-order valence-corrected chi connectivity index (χ2v) is 5.29. The largest absolute Gasteiger partial charge is 0.337 e. The van der Waals surface area contributed by atoms with Crippen molar-refractivity contribution in [3.63, 3.8) is 0 Å². The lowest BCUT2D eigenvalue weighted by Gasteiger charge is -2.35. The van der Waals surface area contributed by atoms with Crippen molar-refractivity contribution in [1.29, 1.82) is 0 Å². The Morgan fingerprint density at radius 2 is 1.80 bits per heavy atom. The van der Waals surface area contributed by atoms with E-state index in [2.05, 4.69) is 48.5 Å². The number of fused-ring (bicyclic) bond motifs is 1. The number of hydrogen-bond donors (Lipinski definition) is 0. The topological polar surface area (TPSA) is 20.3 Å². The molecule has 0 spiro atoms. The van der Waals surface area contributed by atoms with Gasteiger partial charge in [0.2, 0.25) is 5.91 Å². The predicted molar refractivity (Wildman–Crippen MR) is 80.4 cm³/mol. The number of rotatable bonds is 2. The fraction of sp³-hybridized carbons (Fsp3) is 0.278. The minimum absolute atomic E-state index is 0.237. The molecule has 0 radical (unpaired) electrons. The SMILES string of the molecule is CCC(=O)N1Cc2ccccc2[C@@H](c2ccccc2)C1. The third-order valence-corrected chi connectivity index (χ3v) is 4.05. The number of hydrogen-bond acceptors (Lipinski definition) is 1. The van der Waals surface area contributed by atoms with Crippen LogP contribution < -0.4 is 0 Å². The zero-order valence-electron chi connectivity index (χ0n) is 11.8. The molecule has 1 aliphatic heterocycles. The summed E-state index contributed by atoms with van der Waals surface area (Å²) in [5.41, 5.74) is 3.92. The summed E-state index contributed by atoms with van der Waals surface area (Å²) in [7, 11) is 0. The molecule has 0 unspecified atom stereocenters. The molecule has 1 heterocycles. The van der Waals surface area contributed by atoms with E-state index in [1.807, 2.05) is 17.9 Å². The van der Waals surface area contributed by atoms with E-state index in [0.29, 0.717) is 6.42 Å². The standard InChI is InChI=1S/C18H19NO/c1-2-18(20)19-12-15-10-6-7-11-16(15)17(13-19)14-8-4-3-5-9-14/h3-11,17H,2,12-13H2,1H3/t17-/m1/s1. The van der Waals surface area contributed by atoms with Gasteiger partial charge in [-0.2, -0.15) is 0 Å². The third-order valence-electron chi connectivity index (χ3n) is 4.05. The van der Waals surface area contributed by atoms with Gasteiger partial charge in [-0.1, -0.05) is 61.5 Å². The first kappa shape index (κ1) is 12.9. The number of carbonyl (C=O) groups is 1. The number of carbonyl (C=O) groups excluding carboxylic acids is 1. The summed E-state index contributed by atoms with van der Waals surface area (Å²) in [5, 5.41) is 0. The van der Waals surface area contributed by atoms with Gasteiger partial charge in [-0.25, -0.2) is 0 Å². The highest BCUT2D eigenvalue weighted by atomic mass is 16.2. The lowest BCUT2D eigenvalue weighted by molar-refractivity contribution is -0.132. The predicted octanol–water partition coefficient (Wildman–Crippen LogP) is 3.57. The Morgan fingerprint density at radius 1 is 1.10 bits per heavy atom. The van der Waals surface area contributed by atoms with E-state index in [9.17, 15) is 4.79 Å². The smallest absolute Gasteiger partial charge is 0.222 e. The average Bonchev–Trinajstić information content (AvgIpc) is 2.54. The maximum atomic E-state index is 12.1. The highest BCUT2D eigenvalue weighted by Crippen LogP contribution is 2.33. The van der Waals surface area contributed by atoms with E-state index in [1.165, 1.54) is 16.7 Å². The normalized spacial score (nSPS) is 17.6. The first-order valence-electron chi connectivity index (χ1n) is 7.20. The van der Waals surface area contributed by atoms with Gasteiger partial charge in [0.1, 0.15) is 0 Å². The summed E-state index contributed by atoms with van der Waals surface area (Å²) in [5.74, 6) is 0.525. The Morgan fingerprint density at radius 3 is 2.55 bits per heavy atom. The van der Waals surface area contributed by atoms with Crippen LogP contribution in [0.15, 0.2) is 54.6 Å². The molecule has 1 amide bonds. The molecule has 0 saturated carbocycles. The van der Waals surface area contributed by atoms with Gasteiger partial charge in [0.15, 0.2) is 0 Å². The first-order chi connectivity index (χ1) is 9.79. The van der Waals surface area contributed by atoms with Crippen molar-refractivity contribution >= 4 is 5.91 Å². The maximum Gasteiger partial charge on any atom is 0.222 e. The van der Waals surface area contributed by atoms with Crippen molar-refractivity contribution < 1.29 is 4.79 Å². The van der Waals surface area contributed by atoms with Gasteiger partial charge in [0.25, 0.3) is 0 Å². The van der Waals surface area contributed by atoms with Gasteiger partial charge in [-0.15, -0.1) is 0 Å². The molecule has 102 valence electrons. The van der Waals surface area contributed by atoms with Crippen molar-refractivity contribution in [3.8, 4) is 0 Å². The molecule has 0 bridgehead atoms. The van der Waals surface area contributed by atoms with E-state index in [1.54, 1.807) is 0 Å². The third kappa shape index (κ3) is 2.34. The molecule has 0 aromatic heterocycles. The van der Waals surface area contributed by atoms with Gasteiger partial charge in [0.05, 0.1) is 0 Å². The fourth-order valence-electron chi connectivity index (χ4n) is 2.99. The lowest BCUT2D eigenvalue weighted by atomic mass is 9.84. The Balaban J connectivity index is 2.02. The molecule has 1 atom stereocenters. The number of nitrogens with zero attached hydrogens (tertiary/aromatic N) is 1. The van der Waals surface area contributed by atoms with Crippen molar-refractivity contribution in [2.24, 2.45) is 0 Å². The van der Waals surface area contributed by atoms with Crippen LogP contribution in [0.3, 0.4) is 0 Å². The van der Waals surface area contributed by atoms with Crippen molar-refractivity contribution in [2.75, 3.05) is 6.54 Å². The molecule has 1 aliphatic rings. The molecule has 2 heteroatoms. The van der Waals surface area contributed by atoms with E-state index < -0.39 is 0 Å². The quantitative estimate of drug-likeness (QED) is 0.813. The molecule has 3 rings (SSSR count). The Labute approximate surface area is 120 Å². The molecule has 0 N–H and O–H groups in total. The summed E-state index contributed by atoms with van der Waals surface area (Å²) < 4.78 is 0. The molecule has 0 saturated heterocycles. The molecular formula is C18H19NO.